The van der Waals surface area contributed by atoms with Crippen molar-refractivity contribution < 1.29 is 24.0 Å². The van der Waals surface area contributed by atoms with Crippen LogP contribution in [-0.2, 0) is 16.0 Å². The van der Waals surface area contributed by atoms with Crippen LogP contribution in [0.4, 0.5) is 5.69 Å². The van der Waals surface area contributed by atoms with Gasteiger partial charge in [0.1, 0.15) is 16.9 Å². The first kappa shape index (κ1) is 25.4. The van der Waals surface area contributed by atoms with E-state index in [9.17, 15) is 24.5 Å². The molecule has 0 N–H and O–H groups in total. The van der Waals surface area contributed by atoms with E-state index in [0.29, 0.717) is 18.7 Å². The number of fused-ring (bicyclic) bond motifs is 2. The Morgan fingerprint density at radius 1 is 1.16 bits per heavy atom. The number of carbonyl (C=O) groups excluding carboxylic acids is 2. The van der Waals surface area contributed by atoms with Gasteiger partial charge in [-0.3, -0.25) is 24.1 Å². The summed E-state index contributed by atoms with van der Waals surface area (Å²) in [6.45, 7) is 2.23. The Morgan fingerprint density at radius 3 is 2.70 bits per heavy atom. The molecule has 1 aromatic carbocycles. The van der Waals surface area contributed by atoms with E-state index in [1.54, 1.807) is 31.3 Å². The zero-order valence-corrected chi connectivity index (χ0v) is 20.1. The molecule has 0 fully saturated rings. The van der Waals surface area contributed by atoms with Crippen molar-refractivity contribution in [3.63, 3.8) is 0 Å². The number of aromatic nitrogens is 3. The molecule has 3 heterocycles. The SMILES string of the molecule is CCOC(=O)c1cc2c(=O)n3ccccc3nc2n(CCCOC)c1=NC(=O)c1cccc([N+](=O)[O-])c1. The molecule has 3 aromatic heterocycles. The summed E-state index contributed by atoms with van der Waals surface area (Å²) in [5.74, 6) is -1.60. The lowest BCUT2D eigenvalue weighted by atomic mass is 10.2. The largest absolute Gasteiger partial charge is 0.462 e. The molecule has 1 amide bonds. The van der Waals surface area contributed by atoms with E-state index >= 15 is 0 Å². The molecule has 0 aliphatic heterocycles. The minimum absolute atomic E-state index is 0.0425. The van der Waals surface area contributed by atoms with Gasteiger partial charge in [0.05, 0.1) is 16.9 Å². The molecular weight excluding hydrogens is 482 g/mol. The van der Waals surface area contributed by atoms with Gasteiger partial charge in [0.15, 0.2) is 5.49 Å². The second kappa shape index (κ2) is 10.9. The maximum atomic E-state index is 13.3. The summed E-state index contributed by atoms with van der Waals surface area (Å²) >= 11 is 0. The number of amides is 1. The zero-order valence-electron chi connectivity index (χ0n) is 20.1. The molecule has 190 valence electrons. The molecule has 37 heavy (non-hydrogen) atoms. The number of methoxy groups -OCH3 is 1. The lowest BCUT2D eigenvalue weighted by Crippen LogP contribution is -2.33. The van der Waals surface area contributed by atoms with Crippen LogP contribution >= 0.6 is 0 Å². The van der Waals surface area contributed by atoms with Crippen LogP contribution in [0.25, 0.3) is 16.7 Å². The van der Waals surface area contributed by atoms with Gasteiger partial charge in [-0.05, 0) is 37.6 Å². The van der Waals surface area contributed by atoms with Gasteiger partial charge in [0.2, 0.25) is 0 Å². The van der Waals surface area contributed by atoms with E-state index in [-0.39, 0.29) is 46.5 Å². The van der Waals surface area contributed by atoms with Crippen LogP contribution in [0.2, 0.25) is 0 Å². The molecule has 0 aliphatic carbocycles. The van der Waals surface area contributed by atoms with Gasteiger partial charge in [-0.2, -0.15) is 4.99 Å². The summed E-state index contributed by atoms with van der Waals surface area (Å²) in [6.07, 6.45) is 2.01. The van der Waals surface area contributed by atoms with Crippen molar-refractivity contribution >= 4 is 34.2 Å². The fourth-order valence-corrected chi connectivity index (χ4v) is 3.85. The van der Waals surface area contributed by atoms with Gasteiger partial charge in [0.25, 0.3) is 17.2 Å². The quantitative estimate of drug-likeness (QED) is 0.117. The molecule has 0 bridgehead atoms. The topological polar surface area (TPSA) is 147 Å². The van der Waals surface area contributed by atoms with Gasteiger partial charge in [-0.1, -0.05) is 12.1 Å². The predicted octanol–water partition coefficient (Wildman–Crippen LogP) is 2.51. The van der Waals surface area contributed by atoms with Crippen LogP contribution in [0.3, 0.4) is 0 Å². The van der Waals surface area contributed by atoms with Gasteiger partial charge >= 0.3 is 5.97 Å². The lowest BCUT2D eigenvalue weighted by molar-refractivity contribution is -0.384. The minimum atomic E-state index is -0.813. The standard InChI is InChI=1S/C25H23N5O7/c1-3-37-25(33)19-15-18-21(26-20-10-4-5-11-28(20)24(18)32)29(12-7-13-36-2)22(19)27-23(31)16-8-6-9-17(14-16)30(34)35/h4-6,8-11,14-15H,3,7,12-13H2,1-2H3. The Morgan fingerprint density at radius 2 is 1.97 bits per heavy atom. The van der Waals surface area contributed by atoms with Crippen LogP contribution in [0, 0.1) is 10.1 Å². The molecule has 0 unspecified atom stereocenters. The van der Waals surface area contributed by atoms with Crippen LogP contribution in [0.1, 0.15) is 34.1 Å². The summed E-state index contributed by atoms with van der Waals surface area (Å²) in [4.78, 5) is 58.8. The number of ether oxygens (including phenoxy) is 2. The second-order valence-electron chi connectivity index (χ2n) is 7.91. The van der Waals surface area contributed by atoms with Crippen LogP contribution in [0.5, 0.6) is 0 Å². The lowest BCUT2D eigenvalue weighted by Gasteiger charge is -2.15. The molecule has 12 nitrogen and oxygen atoms in total. The molecule has 0 aliphatic rings. The molecular formula is C25H23N5O7. The average molecular weight is 505 g/mol. The number of pyridine rings is 2. The number of esters is 1. The van der Waals surface area contributed by atoms with E-state index in [1.165, 1.54) is 40.3 Å². The van der Waals surface area contributed by atoms with Crippen LogP contribution in [-0.4, -0.2) is 51.1 Å². The van der Waals surface area contributed by atoms with Crippen molar-refractivity contribution in [1.82, 2.24) is 14.0 Å². The Hall–Kier alpha value is -4.71. The van der Waals surface area contributed by atoms with Crippen molar-refractivity contribution in [2.75, 3.05) is 20.3 Å². The number of nitro groups is 1. The number of non-ortho nitro benzene ring substituents is 1. The first-order valence-electron chi connectivity index (χ1n) is 11.4. The highest BCUT2D eigenvalue weighted by Gasteiger charge is 2.20. The first-order valence-corrected chi connectivity index (χ1v) is 11.4. The van der Waals surface area contributed by atoms with Crippen molar-refractivity contribution in [2.24, 2.45) is 4.99 Å². The number of carbonyl (C=O) groups is 2. The Balaban J connectivity index is 2.07. The maximum absolute atomic E-state index is 13.3. The van der Waals surface area contributed by atoms with Gasteiger partial charge in [0, 0.05) is 44.2 Å². The molecule has 0 saturated carbocycles. The van der Waals surface area contributed by atoms with E-state index in [1.807, 2.05) is 0 Å². The third-order valence-corrected chi connectivity index (χ3v) is 5.53. The smallest absolute Gasteiger partial charge is 0.341 e. The van der Waals surface area contributed by atoms with E-state index < -0.39 is 22.4 Å². The second-order valence-corrected chi connectivity index (χ2v) is 7.91. The number of nitrogens with zero attached hydrogens (tertiary/aromatic N) is 5. The number of rotatable bonds is 8. The van der Waals surface area contributed by atoms with Crippen molar-refractivity contribution in [3.8, 4) is 0 Å². The monoisotopic (exact) mass is 505 g/mol. The first-order chi connectivity index (χ1) is 17.8. The van der Waals surface area contributed by atoms with Crippen molar-refractivity contribution in [1.29, 1.82) is 0 Å². The van der Waals surface area contributed by atoms with E-state index in [0.717, 1.165) is 6.07 Å². The molecule has 12 heteroatoms. The summed E-state index contributed by atoms with van der Waals surface area (Å²) in [7, 11) is 1.53. The van der Waals surface area contributed by atoms with Crippen LogP contribution < -0.4 is 11.0 Å². The number of nitro benzene ring substituents is 1. The molecule has 0 saturated heterocycles. The Bertz CT molecular complexity index is 1660. The highest BCUT2D eigenvalue weighted by Crippen LogP contribution is 2.15. The number of hydrogen-bond donors (Lipinski definition) is 0. The zero-order chi connectivity index (χ0) is 26.5. The third kappa shape index (κ3) is 5.14. The van der Waals surface area contributed by atoms with Gasteiger partial charge in [-0.25, -0.2) is 9.78 Å². The van der Waals surface area contributed by atoms with Crippen molar-refractivity contribution in [2.45, 2.75) is 19.9 Å². The molecule has 0 spiro atoms. The van der Waals surface area contributed by atoms with Crippen LogP contribution in [0.15, 0.2) is 64.5 Å². The van der Waals surface area contributed by atoms with Gasteiger partial charge in [-0.15, -0.1) is 0 Å². The molecule has 4 aromatic rings. The highest BCUT2D eigenvalue weighted by atomic mass is 16.6. The normalized spacial score (nSPS) is 11.7. The number of hydrogen-bond acceptors (Lipinski definition) is 8. The summed E-state index contributed by atoms with van der Waals surface area (Å²) in [5, 5.41) is 11.3. The molecule has 0 radical (unpaired) electrons. The maximum Gasteiger partial charge on any atom is 0.341 e. The third-order valence-electron chi connectivity index (χ3n) is 5.53. The summed E-state index contributed by atoms with van der Waals surface area (Å²) in [6, 6.07) is 11.5. The van der Waals surface area contributed by atoms with E-state index in [2.05, 4.69) is 9.98 Å². The fraction of sp³-hybridized carbons (Fsp3) is 0.240. The Kier molecular flexibility index (Phi) is 7.49. The minimum Gasteiger partial charge on any atom is -0.462 e. The molecule has 4 rings (SSSR count). The summed E-state index contributed by atoms with van der Waals surface area (Å²) in [5.41, 5.74) is -0.348. The highest BCUT2D eigenvalue weighted by molar-refractivity contribution is 5.97. The van der Waals surface area contributed by atoms with Gasteiger partial charge < -0.3 is 14.0 Å². The van der Waals surface area contributed by atoms with Crippen molar-refractivity contribution in [3.05, 3.63) is 91.8 Å². The summed E-state index contributed by atoms with van der Waals surface area (Å²) < 4.78 is 13.2. The Labute approximate surface area is 209 Å². The van der Waals surface area contributed by atoms with E-state index in [4.69, 9.17) is 9.47 Å². The number of aryl methyl sites for hydroxylation is 1. The predicted molar refractivity (Wildman–Crippen MR) is 132 cm³/mol. The molecule has 0 atom stereocenters. The average Bonchev–Trinajstić information content (AvgIpc) is 2.90. The fourth-order valence-electron chi connectivity index (χ4n) is 3.85. The number of benzene rings is 1.